The molecule has 0 spiro atoms. The molecule has 0 heterocycles. The standard InChI is InChI=1S/C20H19S.HI/c1-16-8-12-19(13-9-16)21(18-6-4-3-5-7-18)20-14-10-17(2)11-15-20;/h3-15H,1-2H3;1H/q+1;/p-1. The van der Waals surface area contributed by atoms with E-state index >= 15 is 0 Å². The second kappa shape index (κ2) is 7.84. The van der Waals surface area contributed by atoms with Crippen LogP contribution in [-0.4, -0.2) is 0 Å². The molecule has 3 aromatic carbocycles. The molecule has 0 radical (unpaired) electrons. The van der Waals surface area contributed by atoms with Crippen LogP contribution in [0.25, 0.3) is 0 Å². The maximum Gasteiger partial charge on any atom is 0.166 e. The SMILES string of the molecule is Cc1ccc([S+](c2ccccc2)c2ccc(C)cc2)cc1.[I-]. The summed E-state index contributed by atoms with van der Waals surface area (Å²) in [7, 11) is -0.0312. The number of benzene rings is 3. The number of rotatable bonds is 3. The van der Waals surface area contributed by atoms with Crippen LogP contribution in [0.3, 0.4) is 0 Å². The molecule has 22 heavy (non-hydrogen) atoms. The highest BCUT2D eigenvalue weighted by Crippen LogP contribution is 2.31. The molecule has 0 N–H and O–H groups in total. The first-order chi connectivity index (χ1) is 10.2. The Hall–Kier alpha value is -1.26. The Balaban J connectivity index is 0.00000176. The summed E-state index contributed by atoms with van der Waals surface area (Å²) < 4.78 is 0. The van der Waals surface area contributed by atoms with E-state index in [2.05, 4.69) is 92.7 Å². The molecule has 0 aliphatic heterocycles. The van der Waals surface area contributed by atoms with E-state index in [0.717, 1.165) is 0 Å². The molecule has 0 amide bonds. The van der Waals surface area contributed by atoms with Crippen molar-refractivity contribution >= 4 is 10.9 Å². The number of halogens is 1. The first-order valence-electron chi connectivity index (χ1n) is 7.17. The Bertz CT molecular complexity index is 657. The van der Waals surface area contributed by atoms with Gasteiger partial charge in [-0.1, -0.05) is 53.6 Å². The third-order valence-corrected chi connectivity index (χ3v) is 5.72. The van der Waals surface area contributed by atoms with Gasteiger partial charge in [-0.2, -0.15) is 0 Å². The van der Waals surface area contributed by atoms with Gasteiger partial charge in [0.15, 0.2) is 14.7 Å². The van der Waals surface area contributed by atoms with E-state index in [0.29, 0.717) is 0 Å². The van der Waals surface area contributed by atoms with Gasteiger partial charge < -0.3 is 24.0 Å². The second-order valence-corrected chi connectivity index (χ2v) is 7.27. The van der Waals surface area contributed by atoms with E-state index in [1.165, 1.54) is 25.8 Å². The van der Waals surface area contributed by atoms with Gasteiger partial charge >= 0.3 is 0 Å². The van der Waals surface area contributed by atoms with E-state index in [1.54, 1.807) is 0 Å². The Morgan fingerprint density at radius 3 is 1.27 bits per heavy atom. The normalized spacial score (nSPS) is 10.3. The van der Waals surface area contributed by atoms with Gasteiger partial charge in [0.05, 0.1) is 10.9 Å². The molecule has 2 heteroatoms. The molecule has 0 saturated carbocycles. The predicted octanol–water partition coefficient (Wildman–Crippen LogP) is 2.40. The summed E-state index contributed by atoms with van der Waals surface area (Å²) in [4.78, 5) is 4.11. The fourth-order valence-corrected chi connectivity index (χ4v) is 4.38. The van der Waals surface area contributed by atoms with Gasteiger partial charge in [-0.25, -0.2) is 0 Å². The van der Waals surface area contributed by atoms with Gasteiger partial charge in [-0.05, 0) is 50.2 Å². The minimum atomic E-state index is -0.0312. The molecule has 0 aliphatic carbocycles. The minimum absolute atomic E-state index is 0. The van der Waals surface area contributed by atoms with Gasteiger partial charge in [0.2, 0.25) is 0 Å². The van der Waals surface area contributed by atoms with Crippen molar-refractivity contribution in [3.63, 3.8) is 0 Å². The molecule has 112 valence electrons. The van der Waals surface area contributed by atoms with Crippen molar-refractivity contribution in [1.29, 1.82) is 0 Å². The molecule has 0 fully saturated rings. The molecule has 0 aromatic heterocycles. The van der Waals surface area contributed by atoms with Gasteiger partial charge in [-0.3, -0.25) is 0 Å². The second-order valence-electron chi connectivity index (χ2n) is 5.25. The lowest BCUT2D eigenvalue weighted by atomic mass is 10.2. The Labute approximate surface area is 153 Å². The summed E-state index contributed by atoms with van der Waals surface area (Å²) in [6.07, 6.45) is 0. The van der Waals surface area contributed by atoms with Crippen LogP contribution in [0.15, 0.2) is 93.5 Å². The summed E-state index contributed by atoms with van der Waals surface area (Å²) in [5.41, 5.74) is 2.61. The zero-order valence-electron chi connectivity index (χ0n) is 12.8. The van der Waals surface area contributed by atoms with Crippen LogP contribution in [0.1, 0.15) is 11.1 Å². The van der Waals surface area contributed by atoms with E-state index in [-0.39, 0.29) is 34.9 Å². The third kappa shape index (κ3) is 3.93. The van der Waals surface area contributed by atoms with Crippen LogP contribution < -0.4 is 24.0 Å². The largest absolute Gasteiger partial charge is 1.00 e. The molecule has 3 aromatic rings. The number of hydrogen-bond donors (Lipinski definition) is 0. The van der Waals surface area contributed by atoms with Gasteiger partial charge in [0, 0.05) is 0 Å². The Morgan fingerprint density at radius 2 is 0.864 bits per heavy atom. The lowest BCUT2D eigenvalue weighted by Crippen LogP contribution is -3.00. The summed E-state index contributed by atoms with van der Waals surface area (Å²) in [5.74, 6) is 0. The zero-order valence-corrected chi connectivity index (χ0v) is 15.8. The summed E-state index contributed by atoms with van der Waals surface area (Å²) in [6.45, 7) is 4.27. The number of aryl methyl sites for hydroxylation is 2. The van der Waals surface area contributed by atoms with Crippen molar-refractivity contribution < 1.29 is 24.0 Å². The van der Waals surface area contributed by atoms with E-state index in [9.17, 15) is 0 Å². The van der Waals surface area contributed by atoms with Crippen LogP contribution in [0.5, 0.6) is 0 Å². The van der Waals surface area contributed by atoms with Crippen molar-refractivity contribution in [3.05, 3.63) is 90.0 Å². The highest BCUT2D eigenvalue weighted by Gasteiger charge is 2.27. The van der Waals surface area contributed by atoms with Crippen molar-refractivity contribution in [1.82, 2.24) is 0 Å². The molecule has 0 atom stereocenters. The summed E-state index contributed by atoms with van der Waals surface area (Å²) in [6, 6.07) is 28.6. The van der Waals surface area contributed by atoms with Crippen LogP contribution in [-0.2, 0) is 10.9 Å². The fourth-order valence-electron chi connectivity index (χ4n) is 2.31. The summed E-state index contributed by atoms with van der Waals surface area (Å²) in [5, 5.41) is 0. The van der Waals surface area contributed by atoms with Crippen LogP contribution in [0.4, 0.5) is 0 Å². The lowest BCUT2D eigenvalue weighted by molar-refractivity contribution is -0.00000431. The third-order valence-electron chi connectivity index (χ3n) is 3.49. The highest BCUT2D eigenvalue weighted by molar-refractivity contribution is 7.97. The van der Waals surface area contributed by atoms with Gasteiger partial charge in [-0.15, -0.1) is 0 Å². The first-order valence-corrected chi connectivity index (χ1v) is 8.39. The first kappa shape index (κ1) is 17.1. The molecule has 3 rings (SSSR count). The quantitative estimate of drug-likeness (QED) is 0.453. The average Bonchev–Trinajstić information content (AvgIpc) is 2.52. The van der Waals surface area contributed by atoms with E-state index in [4.69, 9.17) is 0 Å². The van der Waals surface area contributed by atoms with Crippen molar-refractivity contribution in [2.24, 2.45) is 0 Å². The molecule has 0 unspecified atom stereocenters. The van der Waals surface area contributed by atoms with Crippen LogP contribution >= 0.6 is 0 Å². The average molecular weight is 418 g/mol. The molecule has 0 nitrogen and oxygen atoms in total. The maximum absolute atomic E-state index is 2.26. The topological polar surface area (TPSA) is 0 Å². The minimum Gasteiger partial charge on any atom is -1.00 e. The number of hydrogen-bond acceptors (Lipinski definition) is 0. The molecule has 0 saturated heterocycles. The van der Waals surface area contributed by atoms with Crippen LogP contribution in [0, 0.1) is 13.8 Å². The monoisotopic (exact) mass is 418 g/mol. The van der Waals surface area contributed by atoms with Crippen molar-refractivity contribution in [2.45, 2.75) is 28.5 Å². The molecule has 0 aliphatic rings. The van der Waals surface area contributed by atoms with Crippen molar-refractivity contribution in [2.75, 3.05) is 0 Å². The van der Waals surface area contributed by atoms with E-state index < -0.39 is 0 Å². The van der Waals surface area contributed by atoms with Gasteiger partial charge in [0.25, 0.3) is 0 Å². The summed E-state index contributed by atoms with van der Waals surface area (Å²) >= 11 is 0. The Morgan fingerprint density at radius 1 is 0.500 bits per heavy atom. The molecular weight excluding hydrogens is 399 g/mol. The van der Waals surface area contributed by atoms with Crippen LogP contribution in [0.2, 0.25) is 0 Å². The highest BCUT2D eigenvalue weighted by atomic mass is 127. The lowest BCUT2D eigenvalue weighted by Gasteiger charge is -2.08. The Kier molecular flexibility index (Phi) is 6.09. The van der Waals surface area contributed by atoms with Gasteiger partial charge in [0.1, 0.15) is 0 Å². The smallest absolute Gasteiger partial charge is 0.166 e. The van der Waals surface area contributed by atoms with E-state index in [1.807, 2.05) is 0 Å². The molecular formula is C20H19IS. The molecule has 0 bridgehead atoms. The van der Waals surface area contributed by atoms with Crippen molar-refractivity contribution in [3.8, 4) is 0 Å². The fraction of sp³-hybridized carbons (Fsp3) is 0.100. The maximum atomic E-state index is 2.26. The zero-order chi connectivity index (χ0) is 14.7. The predicted molar refractivity (Wildman–Crippen MR) is 91.0 cm³/mol.